The molecule has 0 aliphatic rings. The monoisotopic (exact) mass is 356 g/mol. The average molecular weight is 357 g/mol. The standard InChI is InChI=1S/C14H17BrN2O2S/c1-8(2)17(5-6-18)14(19)13-12(16)10-7-9(15)3-4-11(10)20-13/h3-4,7-8,18H,5-6,16H2,1-2H3. The van der Waals surface area contributed by atoms with E-state index < -0.39 is 0 Å². The maximum absolute atomic E-state index is 12.6. The summed E-state index contributed by atoms with van der Waals surface area (Å²) in [7, 11) is 0. The van der Waals surface area contributed by atoms with Crippen molar-refractivity contribution in [3.8, 4) is 0 Å². The summed E-state index contributed by atoms with van der Waals surface area (Å²) in [4.78, 5) is 14.8. The highest BCUT2D eigenvalue weighted by atomic mass is 79.9. The Morgan fingerprint density at radius 3 is 2.80 bits per heavy atom. The normalized spacial score (nSPS) is 11.2. The summed E-state index contributed by atoms with van der Waals surface area (Å²) in [6, 6.07) is 5.82. The first kappa shape index (κ1) is 15.3. The minimum absolute atomic E-state index is 0.0194. The number of carbonyl (C=O) groups is 1. The molecule has 0 saturated carbocycles. The first-order valence-electron chi connectivity index (χ1n) is 6.35. The highest BCUT2D eigenvalue weighted by Gasteiger charge is 2.23. The molecule has 1 aromatic carbocycles. The Balaban J connectivity index is 2.46. The number of aliphatic hydroxyl groups excluding tert-OH is 1. The average Bonchev–Trinajstić information content (AvgIpc) is 2.72. The number of anilines is 1. The first-order chi connectivity index (χ1) is 9.45. The number of rotatable bonds is 4. The Morgan fingerprint density at radius 2 is 2.20 bits per heavy atom. The number of amides is 1. The molecule has 0 spiro atoms. The zero-order valence-corrected chi connectivity index (χ0v) is 13.8. The SMILES string of the molecule is CC(C)N(CCO)C(=O)c1sc2ccc(Br)cc2c1N. The van der Waals surface area contributed by atoms with Crippen molar-refractivity contribution in [2.75, 3.05) is 18.9 Å². The number of halogens is 1. The topological polar surface area (TPSA) is 66.6 Å². The largest absolute Gasteiger partial charge is 0.397 e. The van der Waals surface area contributed by atoms with Crippen molar-refractivity contribution in [2.45, 2.75) is 19.9 Å². The van der Waals surface area contributed by atoms with E-state index in [1.807, 2.05) is 32.0 Å². The number of nitrogens with zero attached hydrogens (tertiary/aromatic N) is 1. The predicted octanol–water partition coefficient (Wildman–Crippen LogP) is 3.09. The Bertz CT molecular complexity index is 639. The first-order valence-corrected chi connectivity index (χ1v) is 7.96. The van der Waals surface area contributed by atoms with Gasteiger partial charge in [0.2, 0.25) is 0 Å². The number of fused-ring (bicyclic) bond motifs is 1. The number of aliphatic hydroxyl groups is 1. The van der Waals surface area contributed by atoms with Crippen LogP contribution in [0.2, 0.25) is 0 Å². The van der Waals surface area contributed by atoms with Gasteiger partial charge in [-0.1, -0.05) is 15.9 Å². The molecule has 20 heavy (non-hydrogen) atoms. The van der Waals surface area contributed by atoms with Gasteiger partial charge >= 0.3 is 0 Å². The lowest BCUT2D eigenvalue weighted by molar-refractivity contribution is 0.0671. The summed E-state index contributed by atoms with van der Waals surface area (Å²) in [6.45, 7) is 4.11. The van der Waals surface area contributed by atoms with Crippen molar-refractivity contribution >= 4 is 48.9 Å². The molecule has 1 aromatic heterocycles. The van der Waals surface area contributed by atoms with Gasteiger partial charge < -0.3 is 15.7 Å². The lowest BCUT2D eigenvalue weighted by Crippen LogP contribution is -2.38. The summed E-state index contributed by atoms with van der Waals surface area (Å²) in [5.41, 5.74) is 6.64. The molecular formula is C14H17BrN2O2S. The third-order valence-corrected chi connectivity index (χ3v) is 4.78. The molecule has 0 aliphatic carbocycles. The highest BCUT2D eigenvalue weighted by molar-refractivity contribution is 9.10. The maximum atomic E-state index is 12.6. The van der Waals surface area contributed by atoms with Gasteiger partial charge in [-0.05, 0) is 32.0 Å². The molecule has 1 amide bonds. The Labute approximate surface area is 130 Å². The van der Waals surface area contributed by atoms with Crippen LogP contribution in [0.1, 0.15) is 23.5 Å². The van der Waals surface area contributed by atoms with E-state index in [0.29, 0.717) is 17.1 Å². The molecule has 0 aliphatic heterocycles. The smallest absolute Gasteiger partial charge is 0.266 e. The van der Waals surface area contributed by atoms with E-state index in [1.165, 1.54) is 11.3 Å². The predicted molar refractivity (Wildman–Crippen MR) is 87.2 cm³/mol. The third kappa shape index (κ3) is 2.82. The Morgan fingerprint density at radius 1 is 1.50 bits per heavy atom. The van der Waals surface area contributed by atoms with E-state index in [-0.39, 0.29) is 18.6 Å². The molecule has 2 aromatic rings. The van der Waals surface area contributed by atoms with E-state index in [2.05, 4.69) is 15.9 Å². The fourth-order valence-electron chi connectivity index (χ4n) is 2.08. The van der Waals surface area contributed by atoms with Crippen molar-refractivity contribution in [1.82, 2.24) is 4.90 Å². The third-order valence-electron chi connectivity index (χ3n) is 3.11. The molecule has 0 fully saturated rings. The highest BCUT2D eigenvalue weighted by Crippen LogP contribution is 2.36. The molecule has 0 unspecified atom stereocenters. The van der Waals surface area contributed by atoms with Gasteiger partial charge in [-0.15, -0.1) is 11.3 Å². The van der Waals surface area contributed by atoms with Gasteiger partial charge in [0.05, 0.1) is 12.3 Å². The second-order valence-electron chi connectivity index (χ2n) is 4.80. The van der Waals surface area contributed by atoms with E-state index >= 15 is 0 Å². The number of benzene rings is 1. The molecule has 1 heterocycles. The van der Waals surface area contributed by atoms with Crippen LogP contribution in [0.5, 0.6) is 0 Å². The molecule has 4 nitrogen and oxygen atoms in total. The van der Waals surface area contributed by atoms with E-state index in [4.69, 9.17) is 10.8 Å². The zero-order valence-electron chi connectivity index (χ0n) is 11.4. The molecule has 2 rings (SSSR count). The quantitative estimate of drug-likeness (QED) is 0.884. The fourth-order valence-corrected chi connectivity index (χ4v) is 3.50. The van der Waals surface area contributed by atoms with Crippen LogP contribution in [0, 0.1) is 0 Å². The molecule has 0 bridgehead atoms. The van der Waals surface area contributed by atoms with Crippen LogP contribution in [0.4, 0.5) is 5.69 Å². The Kier molecular flexibility index (Phi) is 4.67. The van der Waals surface area contributed by atoms with Gasteiger partial charge in [-0.25, -0.2) is 0 Å². The lowest BCUT2D eigenvalue weighted by Gasteiger charge is -2.25. The second kappa shape index (κ2) is 6.11. The van der Waals surface area contributed by atoms with Crippen LogP contribution < -0.4 is 5.73 Å². The van der Waals surface area contributed by atoms with Gasteiger partial charge in [0.25, 0.3) is 5.91 Å². The molecule has 6 heteroatoms. The van der Waals surface area contributed by atoms with E-state index in [0.717, 1.165) is 14.6 Å². The molecule has 3 N–H and O–H groups in total. The molecule has 0 atom stereocenters. The number of hydrogen-bond donors (Lipinski definition) is 2. The van der Waals surface area contributed by atoms with Crippen LogP contribution in [0.3, 0.4) is 0 Å². The molecular weight excluding hydrogens is 340 g/mol. The van der Waals surface area contributed by atoms with Gasteiger partial charge in [0.1, 0.15) is 4.88 Å². The van der Waals surface area contributed by atoms with E-state index in [1.54, 1.807) is 4.90 Å². The number of nitrogen functional groups attached to an aromatic ring is 1. The zero-order chi connectivity index (χ0) is 14.9. The molecule has 0 radical (unpaired) electrons. The van der Waals surface area contributed by atoms with Crippen molar-refractivity contribution in [3.63, 3.8) is 0 Å². The summed E-state index contributed by atoms with van der Waals surface area (Å²) in [6.07, 6.45) is 0. The minimum Gasteiger partial charge on any atom is -0.397 e. The summed E-state index contributed by atoms with van der Waals surface area (Å²) in [5, 5.41) is 9.99. The van der Waals surface area contributed by atoms with Gasteiger partial charge in [0.15, 0.2) is 0 Å². The summed E-state index contributed by atoms with van der Waals surface area (Å²) >= 11 is 4.80. The Hall–Kier alpha value is -1.11. The van der Waals surface area contributed by atoms with Gasteiger partial charge in [0, 0.05) is 27.1 Å². The van der Waals surface area contributed by atoms with Crippen molar-refractivity contribution in [1.29, 1.82) is 0 Å². The number of nitrogens with two attached hydrogens (primary N) is 1. The minimum atomic E-state index is -0.121. The molecule has 108 valence electrons. The fraction of sp³-hybridized carbons (Fsp3) is 0.357. The van der Waals surface area contributed by atoms with Crippen molar-refractivity contribution in [3.05, 3.63) is 27.5 Å². The number of thiophene rings is 1. The van der Waals surface area contributed by atoms with Crippen LogP contribution in [-0.2, 0) is 0 Å². The van der Waals surface area contributed by atoms with Crippen LogP contribution in [0.25, 0.3) is 10.1 Å². The number of carbonyl (C=O) groups excluding carboxylic acids is 1. The second-order valence-corrected chi connectivity index (χ2v) is 6.77. The summed E-state index contributed by atoms with van der Waals surface area (Å²) < 4.78 is 1.92. The maximum Gasteiger partial charge on any atom is 0.266 e. The summed E-state index contributed by atoms with van der Waals surface area (Å²) in [5.74, 6) is -0.121. The van der Waals surface area contributed by atoms with Crippen LogP contribution in [0.15, 0.2) is 22.7 Å². The molecule has 0 saturated heterocycles. The van der Waals surface area contributed by atoms with Crippen LogP contribution in [-0.4, -0.2) is 35.1 Å². The lowest BCUT2D eigenvalue weighted by atomic mass is 10.2. The van der Waals surface area contributed by atoms with Crippen LogP contribution >= 0.6 is 27.3 Å². The van der Waals surface area contributed by atoms with Crippen molar-refractivity contribution < 1.29 is 9.90 Å². The van der Waals surface area contributed by atoms with Crippen molar-refractivity contribution in [2.24, 2.45) is 0 Å². The van der Waals surface area contributed by atoms with Gasteiger partial charge in [-0.2, -0.15) is 0 Å². The van der Waals surface area contributed by atoms with E-state index in [9.17, 15) is 4.79 Å². The number of hydrogen-bond acceptors (Lipinski definition) is 4. The van der Waals surface area contributed by atoms with Gasteiger partial charge in [-0.3, -0.25) is 4.79 Å².